The molecule has 8 heterocycles. The first-order chi connectivity index (χ1) is 29.6. The normalized spacial score (nSPS) is 24.9. The maximum absolute atomic E-state index is 14.3. The number of hydrogen-bond donors (Lipinski definition) is 3. The molecule has 5 aromatic rings. The van der Waals surface area contributed by atoms with Crippen LogP contribution >= 0.6 is 0 Å². The van der Waals surface area contributed by atoms with Gasteiger partial charge in [0, 0.05) is 80.8 Å². The molecule has 61 heavy (non-hydrogen) atoms. The Hall–Kier alpha value is -5.79. The average molecular weight is 840 g/mol. The van der Waals surface area contributed by atoms with Crippen LogP contribution in [-0.4, -0.2) is 122 Å². The van der Waals surface area contributed by atoms with E-state index in [0.717, 1.165) is 88.1 Å². The highest BCUT2D eigenvalue weighted by atomic mass is 19.3. The Labute approximate surface area is 348 Å². The zero-order chi connectivity index (χ0) is 41.8. The SMILES string of the molecule is O=C1CC[C@H](c2coc3cc(NC(=O)CN4CCN(C[C@H]5CC[C@H](n6cc(NC(=O)c7cnn8ccc(N9C[C@@H]%10C[C@H]9CO%10)nc78)c(C(F)F)n6)CC5)CC4)ccc23)C(=O)N1. The Kier molecular flexibility index (Phi) is 10.5. The van der Waals surface area contributed by atoms with E-state index in [0.29, 0.717) is 35.9 Å². The number of furan rings is 1. The Balaban J connectivity index is 0.689. The monoisotopic (exact) mass is 839 g/mol. The van der Waals surface area contributed by atoms with E-state index < -0.39 is 23.9 Å². The van der Waals surface area contributed by atoms with Crippen molar-refractivity contribution in [1.29, 1.82) is 0 Å². The molecule has 4 aliphatic heterocycles. The number of benzene rings is 1. The number of alkyl halides is 2. The minimum atomic E-state index is -2.87. The number of halogens is 2. The van der Waals surface area contributed by atoms with E-state index in [9.17, 15) is 28.0 Å². The molecule has 1 saturated carbocycles. The summed E-state index contributed by atoms with van der Waals surface area (Å²) in [6.45, 7) is 5.76. The number of carbonyl (C=O) groups is 4. The van der Waals surface area contributed by atoms with Gasteiger partial charge >= 0.3 is 0 Å². The van der Waals surface area contributed by atoms with E-state index in [1.54, 1.807) is 29.3 Å². The van der Waals surface area contributed by atoms with Gasteiger partial charge in [0.15, 0.2) is 11.3 Å². The number of anilines is 3. The lowest BCUT2D eigenvalue weighted by molar-refractivity contribution is -0.134. The molecule has 5 aliphatic rings. The number of imide groups is 1. The lowest BCUT2D eigenvalue weighted by Gasteiger charge is -2.38. The average Bonchev–Trinajstić information content (AvgIpc) is 4.11. The molecule has 4 aromatic heterocycles. The third-order valence-electron chi connectivity index (χ3n) is 13.1. The first-order valence-corrected chi connectivity index (χ1v) is 21.1. The molecule has 3 atom stereocenters. The standard InChI is InChI=1S/C42H47F2N11O6/c43-39(44)38-33(47-42(59)31-17-45-54-10-9-35(48-40(31)54)53-19-28-16-27(53)22-60-28)20-55(50-38)26-4-1-24(2-5-26)18-51-11-13-52(14-12-51)21-37(57)46-25-3-6-29-32(23-61-34(29)15-25)30-7-8-36(56)49-41(30)58/h3,6,9-10,15,17,20,23-24,26-28,30,39H,1-2,4-5,7-8,11-14,16,18-19,21-22H2,(H,46,57)(H,47,59)(H,49,56,58)/t24-,26-,27-,28-,30+/m0/s1. The molecule has 2 bridgehead atoms. The van der Waals surface area contributed by atoms with Gasteiger partial charge in [-0.3, -0.25) is 34.1 Å². The fraction of sp³-hybridized carbons (Fsp3) is 0.500. The van der Waals surface area contributed by atoms with Gasteiger partial charge in [0.25, 0.3) is 12.3 Å². The number of aromatic nitrogens is 5. The van der Waals surface area contributed by atoms with Crippen molar-refractivity contribution in [1.82, 2.24) is 39.5 Å². The summed E-state index contributed by atoms with van der Waals surface area (Å²) < 4.78 is 43.1. The van der Waals surface area contributed by atoms with Gasteiger partial charge in [0.2, 0.25) is 17.7 Å². The van der Waals surface area contributed by atoms with Crippen molar-refractivity contribution < 1.29 is 37.1 Å². The lowest BCUT2D eigenvalue weighted by atomic mass is 9.85. The highest BCUT2D eigenvalue weighted by Crippen LogP contribution is 2.37. The van der Waals surface area contributed by atoms with Crippen molar-refractivity contribution >= 4 is 57.4 Å². The molecule has 1 aliphatic carbocycles. The predicted octanol–water partition coefficient (Wildman–Crippen LogP) is 4.35. The lowest BCUT2D eigenvalue weighted by Crippen LogP contribution is -2.49. The molecule has 3 N–H and O–H groups in total. The molecular weight excluding hydrogens is 793 g/mol. The third-order valence-corrected chi connectivity index (χ3v) is 13.1. The zero-order valence-electron chi connectivity index (χ0n) is 33.5. The summed E-state index contributed by atoms with van der Waals surface area (Å²) in [5.74, 6) is -0.562. The van der Waals surface area contributed by atoms with Crippen LogP contribution in [0.1, 0.15) is 84.9 Å². The molecule has 19 heteroatoms. The minimum Gasteiger partial charge on any atom is -0.464 e. The summed E-state index contributed by atoms with van der Waals surface area (Å²) in [6.07, 6.45) is 8.62. The maximum Gasteiger partial charge on any atom is 0.284 e. The van der Waals surface area contributed by atoms with Gasteiger partial charge in [0.05, 0.1) is 55.4 Å². The second-order valence-electron chi connectivity index (χ2n) is 17.0. The molecular formula is C42H47F2N11O6. The van der Waals surface area contributed by atoms with E-state index in [4.69, 9.17) is 14.1 Å². The Morgan fingerprint density at radius 1 is 0.984 bits per heavy atom. The van der Waals surface area contributed by atoms with Crippen molar-refractivity contribution in [3.63, 3.8) is 0 Å². The number of piperidine rings is 1. The predicted molar refractivity (Wildman–Crippen MR) is 217 cm³/mol. The van der Waals surface area contributed by atoms with Gasteiger partial charge in [-0.1, -0.05) is 0 Å². The number of nitrogens with zero attached hydrogens (tertiary/aromatic N) is 8. The van der Waals surface area contributed by atoms with Crippen molar-refractivity contribution in [3.05, 3.63) is 65.9 Å². The van der Waals surface area contributed by atoms with Crippen molar-refractivity contribution in [2.45, 2.75) is 75.5 Å². The second kappa shape index (κ2) is 16.2. The zero-order valence-corrected chi connectivity index (χ0v) is 33.5. The number of morpholine rings is 1. The van der Waals surface area contributed by atoms with Crippen LogP contribution in [0.2, 0.25) is 0 Å². The summed E-state index contributed by atoms with van der Waals surface area (Å²) in [5, 5.41) is 17.4. The first kappa shape index (κ1) is 39.4. The van der Waals surface area contributed by atoms with Crippen LogP contribution in [0.4, 0.5) is 26.0 Å². The van der Waals surface area contributed by atoms with E-state index in [2.05, 4.69) is 40.8 Å². The molecule has 4 saturated heterocycles. The molecule has 320 valence electrons. The number of ether oxygens (including phenoxy) is 1. The Morgan fingerprint density at radius 3 is 2.56 bits per heavy atom. The van der Waals surface area contributed by atoms with Gasteiger partial charge < -0.3 is 29.6 Å². The highest BCUT2D eigenvalue weighted by molar-refractivity contribution is 6.08. The van der Waals surface area contributed by atoms with E-state index >= 15 is 0 Å². The van der Waals surface area contributed by atoms with Crippen LogP contribution in [0.25, 0.3) is 16.6 Å². The maximum atomic E-state index is 14.3. The fourth-order valence-corrected chi connectivity index (χ4v) is 9.78. The molecule has 10 rings (SSSR count). The first-order valence-electron chi connectivity index (χ1n) is 21.1. The van der Waals surface area contributed by atoms with Crippen LogP contribution < -0.4 is 20.9 Å². The summed E-state index contributed by atoms with van der Waals surface area (Å²) in [6, 6.07) is 7.42. The van der Waals surface area contributed by atoms with Crippen molar-refractivity contribution in [2.24, 2.45) is 5.92 Å². The van der Waals surface area contributed by atoms with E-state index in [1.807, 2.05) is 12.1 Å². The van der Waals surface area contributed by atoms with Crippen LogP contribution in [0.5, 0.6) is 0 Å². The molecule has 0 unspecified atom stereocenters. The summed E-state index contributed by atoms with van der Waals surface area (Å²) >= 11 is 0. The van der Waals surface area contributed by atoms with Gasteiger partial charge in [-0.2, -0.15) is 10.2 Å². The summed E-state index contributed by atoms with van der Waals surface area (Å²) in [7, 11) is 0. The van der Waals surface area contributed by atoms with E-state index in [-0.39, 0.29) is 60.1 Å². The second-order valence-corrected chi connectivity index (χ2v) is 17.0. The van der Waals surface area contributed by atoms with Crippen LogP contribution in [0, 0.1) is 5.92 Å². The topological polar surface area (TPSA) is 184 Å². The molecule has 0 radical (unpaired) electrons. The highest BCUT2D eigenvalue weighted by Gasteiger charge is 2.40. The van der Waals surface area contributed by atoms with Crippen LogP contribution in [-0.2, 0) is 19.1 Å². The van der Waals surface area contributed by atoms with Gasteiger partial charge in [0.1, 0.15) is 17.0 Å². The quantitative estimate of drug-likeness (QED) is 0.160. The number of hydrogen-bond acceptors (Lipinski definition) is 12. The Morgan fingerprint density at radius 2 is 1.80 bits per heavy atom. The van der Waals surface area contributed by atoms with Gasteiger partial charge in [-0.25, -0.2) is 18.3 Å². The molecule has 0 spiro atoms. The molecule has 17 nitrogen and oxygen atoms in total. The Bertz CT molecular complexity index is 2490. The molecule has 1 aromatic carbocycles. The number of amides is 4. The number of piperazine rings is 1. The summed E-state index contributed by atoms with van der Waals surface area (Å²) in [5.41, 5.74) is 1.96. The molecule has 4 amide bonds. The summed E-state index contributed by atoms with van der Waals surface area (Å²) in [4.78, 5) is 62.0. The van der Waals surface area contributed by atoms with E-state index in [1.165, 1.54) is 16.9 Å². The number of rotatable bonds is 11. The fourth-order valence-electron chi connectivity index (χ4n) is 9.78. The van der Waals surface area contributed by atoms with Crippen molar-refractivity contribution in [2.75, 3.05) is 68.0 Å². The number of carbonyl (C=O) groups excluding carboxylic acids is 4. The third kappa shape index (κ3) is 7.96. The van der Waals surface area contributed by atoms with Gasteiger partial charge in [-0.15, -0.1) is 0 Å². The van der Waals surface area contributed by atoms with Crippen LogP contribution in [0.3, 0.4) is 0 Å². The smallest absolute Gasteiger partial charge is 0.284 e. The van der Waals surface area contributed by atoms with Gasteiger partial charge in [-0.05, 0) is 62.6 Å². The minimum absolute atomic E-state index is 0.0163. The van der Waals surface area contributed by atoms with Crippen molar-refractivity contribution in [3.8, 4) is 0 Å². The largest absolute Gasteiger partial charge is 0.464 e. The number of nitrogens with one attached hydrogen (secondary N) is 3. The molecule has 5 fully saturated rings. The van der Waals surface area contributed by atoms with Crippen LogP contribution in [0.15, 0.2) is 53.5 Å². The number of fused-ring (bicyclic) bond motifs is 4.